The van der Waals surface area contributed by atoms with Crippen LogP contribution in [0.4, 0.5) is 10.1 Å². The molecule has 6 rings (SSSR count). The molecule has 0 saturated heterocycles. The van der Waals surface area contributed by atoms with Crippen LogP contribution in [0.15, 0.2) is 91.0 Å². The van der Waals surface area contributed by atoms with Crippen molar-refractivity contribution >= 4 is 34.2 Å². The van der Waals surface area contributed by atoms with Crippen molar-refractivity contribution in [2.24, 2.45) is 0 Å². The molecule has 6 nitrogen and oxygen atoms in total. The van der Waals surface area contributed by atoms with Gasteiger partial charge in [-0.25, -0.2) is 4.39 Å². The maximum absolute atomic E-state index is 14.9. The molecule has 0 radical (unpaired) electrons. The molecule has 226 valence electrons. The van der Waals surface area contributed by atoms with Gasteiger partial charge in [-0.3, -0.25) is 14.4 Å². The van der Waals surface area contributed by atoms with E-state index in [1.165, 1.54) is 6.07 Å². The van der Waals surface area contributed by atoms with Crippen LogP contribution in [0.2, 0.25) is 0 Å². The number of rotatable bonds is 11. The molecule has 1 unspecified atom stereocenters. The lowest BCUT2D eigenvalue weighted by atomic mass is 9.94. The number of anilines is 1. The minimum atomic E-state index is -0.808. The Balaban J connectivity index is 1.24. The summed E-state index contributed by atoms with van der Waals surface area (Å²) in [4.78, 5) is 44.6. The molecule has 1 heterocycles. The molecule has 3 amide bonds. The normalized spacial score (nSPS) is 15.4. The Labute approximate surface area is 257 Å². The van der Waals surface area contributed by atoms with Crippen LogP contribution in [0.1, 0.15) is 66.4 Å². The predicted molar refractivity (Wildman–Crippen MR) is 171 cm³/mol. The van der Waals surface area contributed by atoms with Crippen LogP contribution in [-0.4, -0.2) is 41.2 Å². The highest BCUT2D eigenvalue weighted by Crippen LogP contribution is 2.37. The zero-order valence-electron chi connectivity index (χ0n) is 24.9. The summed E-state index contributed by atoms with van der Waals surface area (Å²) in [5, 5.41) is 5.17. The predicted octanol–water partition coefficient (Wildman–Crippen LogP) is 6.81. The average molecular weight is 592 g/mol. The number of nitrogens with one attached hydrogen (secondary N) is 1. The van der Waals surface area contributed by atoms with Gasteiger partial charge in [0.15, 0.2) is 0 Å². The molecule has 1 N–H and O–H groups in total. The topological polar surface area (TPSA) is 69.7 Å². The number of halogens is 1. The van der Waals surface area contributed by atoms with E-state index < -0.39 is 11.9 Å². The Bertz CT molecular complexity index is 1650. The molecule has 7 heteroatoms. The molecule has 1 saturated carbocycles. The van der Waals surface area contributed by atoms with Gasteiger partial charge in [0.25, 0.3) is 5.91 Å². The number of nitrogens with zero attached hydrogens (tertiary/aromatic N) is 2. The van der Waals surface area contributed by atoms with Crippen molar-refractivity contribution in [1.82, 2.24) is 10.2 Å². The molecule has 0 aromatic heterocycles. The Morgan fingerprint density at radius 2 is 1.61 bits per heavy atom. The van der Waals surface area contributed by atoms with Gasteiger partial charge in [0.1, 0.15) is 11.9 Å². The van der Waals surface area contributed by atoms with Crippen molar-refractivity contribution in [1.29, 1.82) is 0 Å². The zero-order chi connectivity index (χ0) is 30.5. The second kappa shape index (κ2) is 13.4. The largest absolute Gasteiger partial charge is 0.352 e. The fourth-order valence-electron chi connectivity index (χ4n) is 6.64. The Kier molecular flexibility index (Phi) is 9.01. The second-order valence-electron chi connectivity index (χ2n) is 11.9. The summed E-state index contributed by atoms with van der Waals surface area (Å²) in [5.74, 6) is -0.927. The van der Waals surface area contributed by atoms with Crippen molar-refractivity contribution in [2.45, 2.75) is 70.0 Å². The maximum Gasteiger partial charge on any atom is 0.258 e. The minimum Gasteiger partial charge on any atom is -0.352 e. The third-order valence-electron chi connectivity index (χ3n) is 8.94. The molecule has 1 fully saturated rings. The van der Waals surface area contributed by atoms with Crippen LogP contribution < -0.4 is 10.2 Å². The number of carbonyl (C=O) groups is 3. The lowest BCUT2D eigenvalue weighted by molar-refractivity contribution is -0.141. The SMILES string of the molecule is O=C(NC1CCCCC1)C(Cc1ccccc1)N(Cc1ccccc1F)C(=O)CCCN1C(=O)c2cccc3cccc1c23. The van der Waals surface area contributed by atoms with Crippen molar-refractivity contribution in [3.8, 4) is 0 Å². The molecule has 1 atom stereocenters. The van der Waals surface area contributed by atoms with E-state index in [-0.39, 0.29) is 36.7 Å². The van der Waals surface area contributed by atoms with E-state index in [1.54, 1.807) is 28.0 Å². The van der Waals surface area contributed by atoms with E-state index in [4.69, 9.17) is 0 Å². The first kappa shape index (κ1) is 29.5. The van der Waals surface area contributed by atoms with Crippen molar-refractivity contribution in [3.63, 3.8) is 0 Å². The summed E-state index contributed by atoms with van der Waals surface area (Å²) >= 11 is 0. The standard InChI is InChI=1S/C37H38FN3O3/c38-31-20-8-7-14-28(31)25-41(33(24-26-12-3-1-4-13-26)36(43)39-29-17-5-2-6-18-29)34(42)22-11-23-40-32-21-10-16-27-15-9-19-30(35(27)32)37(40)44/h1,3-4,7-10,12-16,19-21,29,33H,2,5-6,11,17-18,22-25H2,(H,39,43). The van der Waals surface area contributed by atoms with Gasteiger partial charge in [0.05, 0.1) is 5.69 Å². The molecule has 0 bridgehead atoms. The first-order chi connectivity index (χ1) is 21.5. The average Bonchev–Trinajstić information content (AvgIpc) is 3.32. The van der Waals surface area contributed by atoms with Crippen LogP contribution in [-0.2, 0) is 22.6 Å². The monoisotopic (exact) mass is 591 g/mol. The van der Waals surface area contributed by atoms with Gasteiger partial charge < -0.3 is 15.1 Å². The third-order valence-corrected chi connectivity index (χ3v) is 8.94. The van der Waals surface area contributed by atoms with Gasteiger partial charge in [0.2, 0.25) is 11.8 Å². The number of hydrogen-bond acceptors (Lipinski definition) is 3. The van der Waals surface area contributed by atoms with Crippen molar-refractivity contribution < 1.29 is 18.8 Å². The summed E-state index contributed by atoms with van der Waals surface area (Å²) in [6.45, 7) is 0.345. The summed E-state index contributed by atoms with van der Waals surface area (Å²) in [6.07, 6.45) is 5.99. The highest BCUT2D eigenvalue weighted by molar-refractivity contribution is 6.25. The molecule has 4 aromatic carbocycles. The fraction of sp³-hybridized carbons (Fsp3) is 0.324. The molecule has 2 aliphatic rings. The van der Waals surface area contributed by atoms with Crippen LogP contribution in [0.5, 0.6) is 0 Å². The van der Waals surface area contributed by atoms with Crippen molar-refractivity contribution in [3.05, 3.63) is 114 Å². The van der Waals surface area contributed by atoms with Gasteiger partial charge in [-0.1, -0.05) is 92.1 Å². The van der Waals surface area contributed by atoms with Gasteiger partial charge in [-0.05, 0) is 48.4 Å². The second-order valence-corrected chi connectivity index (χ2v) is 11.9. The zero-order valence-corrected chi connectivity index (χ0v) is 24.9. The van der Waals surface area contributed by atoms with E-state index in [0.29, 0.717) is 30.5 Å². The summed E-state index contributed by atoms with van der Waals surface area (Å²) < 4.78 is 14.9. The molecular weight excluding hydrogens is 553 g/mol. The van der Waals surface area contributed by atoms with Crippen molar-refractivity contribution in [2.75, 3.05) is 11.4 Å². The summed E-state index contributed by atoms with van der Waals surface area (Å²) in [6, 6.07) is 26.9. The van der Waals surface area contributed by atoms with E-state index in [1.807, 2.05) is 66.7 Å². The lowest BCUT2D eigenvalue weighted by Gasteiger charge is -2.33. The van der Waals surface area contributed by atoms with E-state index >= 15 is 0 Å². The first-order valence-corrected chi connectivity index (χ1v) is 15.7. The number of carbonyl (C=O) groups excluding carboxylic acids is 3. The van der Waals surface area contributed by atoms with Gasteiger partial charge in [-0.15, -0.1) is 0 Å². The molecule has 4 aromatic rings. The van der Waals surface area contributed by atoms with E-state index in [9.17, 15) is 18.8 Å². The number of hydrogen-bond donors (Lipinski definition) is 1. The molecule has 1 aliphatic carbocycles. The quantitative estimate of drug-likeness (QED) is 0.208. The van der Waals surface area contributed by atoms with Gasteiger partial charge >= 0.3 is 0 Å². The first-order valence-electron chi connectivity index (χ1n) is 15.7. The number of benzene rings is 4. The molecular formula is C37H38FN3O3. The Morgan fingerprint density at radius 1 is 0.886 bits per heavy atom. The van der Waals surface area contributed by atoms with Crippen LogP contribution in [0.25, 0.3) is 10.8 Å². The van der Waals surface area contributed by atoms with Gasteiger partial charge in [0, 0.05) is 48.5 Å². The maximum atomic E-state index is 14.9. The number of amides is 3. The van der Waals surface area contributed by atoms with Crippen LogP contribution in [0.3, 0.4) is 0 Å². The Morgan fingerprint density at radius 3 is 2.39 bits per heavy atom. The Hall–Kier alpha value is -4.52. The third kappa shape index (κ3) is 6.37. The minimum absolute atomic E-state index is 0.0194. The van der Waals surface area contributed by atoms with Gasteiger partial charge in [-0.2, -0.15) is 0 Å². The van der Waals surface area contributed by atoms with Crippen LogP contribution >= 0.6 is 0 Å². The highest BCUT2D eigenvalue weighted by atomic mass is 19.1. The van der Waals surface area contributed by atoms with E-state index in [0.717, 1.165) is 54.1 Å². The van der Waals surface area contributed by atoms with Crippen LogP contribution in [0, 0.1) is 5.82 Å². The lowest BCUT2D eigenvalue weighted by Crippen LogP contribution is -2.53. The molecule has 0 spiro atoms. The fourth-order valence-corrected chi connectivity index (χ4v) is 6.64. The molecule has 44 heavy (non-hydrogen) atoms. The molecule has 1 aliphatic heterocycles. The summed E-state index contributed by atoms with van der Waals surface area (Å²) in [7, 11) is 0. The summed E-state index contributed by atoms with van der Waals surface area (Å²) in [5.41, 5.74) is 2.82. The smallest absolute Gasteiger partial charge is 0.258 e. The van der Waals surface area contributed by atoms with E-state index in [2.05, 4.69) is 5.32 Å². The highest BCUT2D eigenvalue weighted by Gasteiger charge is 2.33.